The second kappa shape index (κ2) is 10.2. The maximum absolute atomic E-state index is 12.5. The summed E-state index contributed by atoms with van der Waals surface area (Å²) in [5.41, 5.74) is 10.2. The van der Waals surface area contributed by atoms with Gasteiger partial charge in [0.15, 0.2) is 5.16 Å². The first-order valence-corrected chi connectivity index (χ1v) is 12.1. The zero-order chi connectivity index (χ0) is 23.4. The topological polar surface area (TPSA) is 101 Å². The zero-order valence-corrected chi connectivity index (χ0v) is 19.7. The summed E-state index contributed by atoms with van der Waals surface area (Å²) in [6, 6.07) is 14.7. The number of aryl methyl sites for hydroxylation is 1. The average molecular weight is 482 g/mol. The van der Waals surface area contributed by atoms with E-state index in [1.165, 1.54) is 11.8 Å². The van der Waals surface area contributed by atoms with Gasteiger partial charge in [0, 0.05) is 34.9 Å². The molecular formula is C24H24ClN5O2S. The van der Waals surface area contributed by atoms with Gasteiger partial charge in [-0.15, -0.1) is 0 Å². The molecule has 0 saturated carbocycles. The molecule has 2 heterocycles. The summed E-state index contributed by atoms with van der Waals surface area (Å²) < 4.78 is 0. The Kier molecular flexibility index (Phi) is 7.15. The maximum Gasteiger partial charge on any atom is 0.234 e. The minimum Gasteiger partial charge on any atom is -0.383 e. The van der Waals surface area contributed by atoms with Gasteiger partial charge in [-0.25, -0.2) is 9.97 Å². The summed E-state index contributed by atoms with van der Waals surface area (Å²) in [5, 5.41) is 3.98. The number of carbonyl (C=O) groups is 2. The highest BCUT2D eigenvalue weighted by atomic mass is 35.5. The molecule has 1 fully saturated rings. The maximum atomic E-state index is 12.5. The van der Waals surface area contributed by atoms with Crippen LogP contribution >= 0.6 is 23.4 Å². The van der Waals surface area contributed by atoms with Crippen LogP contribution in [0.4, 0.5) is 17.2 Å². The molecule has 0 aliphatic carbocycles. The Balaban J connectivity index is 1.43. The van der Waals surface area contributed by atoms with Gasteiger partial charge in [-0.05, 0) is 48.7 Å². The molecule has 0 radical (unpaired) electrons. The number of nitrogens with one attached hydrogen (secondary N) is 1. The minimum absolute atomic E-state index is 0.109. The molecule has 0 unspecified atom stereocenters. The highest BCUT2D eigenvalue weighted by Crippen LogP contribution is 2.31. The van der Waals surface area contributed by atoms with Crippen molar-refractivity contribution in [2.75, 3.05) is 28.2 Å². The van der Waals surface area contributed by atoms with Crippen molar-refractivity contribution in [2.45, 2.75) is 31.3 Å². The summed E-state index contributed by atoms with van der Waals surface area (Å²) in [5.74, 6) is 0.426. The van der Waals surface area contributed by atoms with Crippen molar-refractivity contribution < 1.29 is 9.59 Å². The number of nitrogens with zero attached hydrogens (tertiary/aromatic N) is 3. The van der Waals surface area contributed by atoms with Crippen molar-refractivity contribution in [1.82, 2.24) is 9.97 Å². The molecule has 1 aliphatic rings. The SMILES string of the molecule is CCc1nc(SCC(=O)Nc2cccc(N3CCCC3=O)c2)nc(N)c1-c1ccc(Cl)cc1. The molecule has 4 rings (SSSR count). The standard InChI is InChI=1S/C24H24ClN5O2S/c1-2-19-22(15-8-10-16(25)11-9-15)23(26)29-24(28-19)33-14-20(31)27-17-5-3-6-18(13-17)30-12-4-7-21(30)32/h3,5-6,8-11,13H,2,4,7,12,14H2,1H3,(H,27,31)(H2,26,28,29). The Morgan fingerprint density at radius 3 is 2.70 bits per heavy atom. The minimum atomic E-state index is -0.188. The van der Waals surface area contributed by atoms with E-state index in [0.29, 0.717) is 41.1 Å². The van der Waals surface area contributed by atoms with Crippen LogP contribution in [0.15, 0.2) is 53.7 Å². The molecule has 0 atom stereocenters. The number of halogens is 1. The number of thioether (sulfide) groups is 1. The van der Waals surface area contributed by atoms with Crippen LogP contribution in [0.5, 0.6) is 0 Å². The molecule has 170 valence electrons. The van der Waals surface area contributed by atoms with Crippen LogP contribution in [-0.2, 0) is 16.0 Å². The van der Waals surface area contributed by atoms with Crippen molar-refractivity contribution in [3.8, 4) is 11.1 Å². The Hall–Kier alpha value is -3.10. The lowest BCUT2D eigenvalue weighted by Gasteiger charge is -2.16. The molecule has 2 aromatic carbocycles. The summed E-state index contributed by atoms with van der Waals surface area (Å²) in [7, 11) is 0. The predicted octanol–water partition coefficient (Wildman–Crippen LogP) is 4.80. The summed E-state index contributed by atoms with van der Waals surface area (Å²) in [6.45, 7) is 2.71. The second-order valence-corrected chi connectivity index (χ2v) is 8.99. The van der Waals surface area contributed by atoms with Crippen LogP contribution in [0, 0.1) is 0 Å². The number of aromatic nitrogens is 2. The van der Waals surface area contributed by atoms with Crippen molar-refractivity contribution in [2.24, 2.45) is 0 Å². The van der Waals surface area contributed by atoms with Gasteiger partial charge in [0.05, 0.1) is 11.4 Å². The lowest BCUT2D eigenvalue weighted by molar-refractivity contribution is -0.117. The molecule has 33 heavy (non-hydrogen) atoms. The number of nitrogens with two attached hydrogens (primary N) is 1. The molecule has 9 heteroatoms. The van der Waals surface area contributed by atoms with Crippen LogP contribution in [0.1, 0.15) is 25.5 Å². The van der Waals surface area contributed by atoms with Crippen LogP contribution < -0.4 is 16.0 Å². The summed E-state index contributed by atoms with van der Waals surface area (Å²) >= 11 is 7.22. The van der Waals surface area contributed by atoms with E-state index in [1.54, 1.807) is 23.1 Å². The number of amides is 2. The summed E-state index contributed by atoms with van der Waals surface area (Å²) in [6.07, 6.45) is 2.09. The monoisotopic (exact) mass is 481 g/mol. The van der Waals surface area contributed by atoms with Gasteiger partial charge in [-0.3, -0.25) is 9.59 Å². The molecule has 1 aromatic heterocycles. The van der Waals surface area contributed by atoms with Gasteiger partial charge in [0.2, 0.25) is 11.8 Å². The molecule has 0 bridgehead atoms. The fraction of sp³-hybridized carbons (Fsp3) is 0.250. The highest BCUT2D eigenvalue weighted by molar-refractivity contribution is 7.99. The first-order chi connectivity index (χ1) is 15.9. The molecule has 3 aromatic rings. The van der Waals surface area contributed by atoms with Crippen LogP contribution in [0.25, 0.3) is 11.1 Å². The van der Waals surface area contributed by atoms with Crippen molar-refractivity contribution >= 4 is 52.4 Å². The number of carbonyl (C=O) groups excluding carboxylic acids is 2. The third kappa shape index (κ3) is 5.46. The first-order valence-electron chi connectivity index (χ1n) is 10.7. The van der Waals surface area contributed by atoms with Gasteiger partial charge < -0.3 is 16.0 Å². The Labute approximate surface area is 201 Å². The van der Waals surface area contributed by atoms with Gasteiger partial charge in [0.25, 0.3) is 0 Å². The van der Waals surface area contributed by atoms with Crippen LogP contribution in [0.2, 0.25) is 5.02 Å². The van der Waals surface area contributed by atoms with Crippen molar-refractivity contribution in [3.63, 3.8) is 0 Å². The van der Waals surface area contributed by atoms with E-state index in [9.17, 15) is 9.59 Å². The third-order valence-corrected chi connectivity index (χ3v) is 6.41. The van der Waals surface area contributed by atoms with Crippen LogP contribution in [-0.4, -0.2) is 34.1 Å². The Bertz CT molecular complexity index is 1190. The largest absolute Gasteiger partial charge is 0.383 e. The number of hydrogen-bond donors (Lipinski definition) is 2. The van der Waals surface area contributed by atoms with Crippen LogP contribution in [0.3, 0.4) is 0 Å². The van der Waals surface area contributed by atoms with Gasteiger partial charge in [-0.2, -0.15) is 0 Å². The molecule has 3 N–H and O–H groups in total. The fourth-order valence-electron chi connectivity index (χ4n) is 3.75. The van der Waals surface area contributed by atoms with Crippen molar-refractivity contribution in [3.05, 3.63) is 59.2 Å². The molecule has 0 spiro atoms. The quantitative estimate of drug-likeness (QED) is 0.371. The molecule has 2 amide bonds. The van der Waals surface area contributed by atoms with Gasteiger partial charge in [0.1, 0.15) is 5.82 Å². The smallest absolute Gasteiger partial charge is 0.234 e. The van der Waals surface area contributed by atoms with Crippen molar-refractivity contribution in [1.29, 1.82) is 0 Å². The molecular weight excluding hydrogens is 458 g/mol. The van der Waals surface area contributed by atoms with Gasteiger partial charge in [-0.1, -0.05) is 48.5 Å². The number of nitrogen functional groups attached to an aromatic ring is 1. The Morgan fingerprint density at radius 1 is 1.21 bits per heavy atom. The second-order valence-electron chi connectivity index (χ2n) is 7.61. The number of rotatable bonds is 7. The number of hydrogen-bond acceptors (Lipinski definition) is 6. The predicted molar refractivity (Wildman–Crippen MR) is 134 cm³/mol. The molecule has 1 aliphatic heterocycles. The van der Waals surface area contributed by atoms with E-state index >= 15 is 0 Å². The van der Waals surface area contributed by atoms with E-state index in [1.807, 2.05) is 37.3 Å². The molecule has 1 saturated heterocycles. The van der Waals surface area contributed by atoms with E-state index in [-0.39, 0.29) is 17.6 Å². The van der Waals surface area contributed by atoms with E-state index < -0.39 is 0 Å². The van der Waals surface area contributed by atoms with E-state index in [0.717, 1.165) is 28.9 Å². The first kappa shape index (κ1) is 23.1. The lowest BCUT2D eigenvalue weighted by atomic mass is 10.0. The van der Waals surface area contributed by atoms with E-state index in [2.05, 4.69) is 15.3 Å². The van der Waals surface area contributed by atoms with E-state index in [4.69, 9.17) is 17.3 Å². The fourth-order valence-corrected chi connectivity index (χ4v) is 4.55. The number of anilines is 3. The zero-order valence-electron chi connectivity index (χ0n) is 18.2. The lowest BCUT2D eigenvalue weighted by Crippen LogP contribution is -2.23. The summed E-state index contributed by atoms with van der Waals surface area (Å²) in [4.78, 5) is 35.3. The normalized spacial score (nSPS) is 13.4. The number of benzene rings is 2. The third-order valence-electron chi connectivity index (χ3n) is 5.31. The highest BCUT2D eigenvalue weighted by Gasteiger charge is 2.22. The van der Waals surface area contributed by atoms with Gasteiger partial charge >= 0.3 is 0 Å². The average Bonchev–Trinajstić information content (AvgIpc) is 3.24. The Morgan fingerprint density at radius 2 is 2.00 bits per heavy atom. The molecule has 7 nitrogen and oxygen atoms in total.